The van der Waals surface area contributed by atoms with Crippen molar-refractivity contribution in [2.75, 3.05) is 11.9 Å². The van der Waals surface area contributed by atoms with Gasteiger partial charge in [-0.3, -0.25) is 4.68 Å². The molecule has 3 aromatic rings. The topological polar surface area (TPSA) is 136 Å². The third kappa shape index (κ3) is 4.72. The van der Waals surface area contributed by atoms with Gasteiger partial charge in [0.25, 0.3) is 0 Å². The molecule has 0 saturated carbocycles. The molecule has 0 spiro atoms. The molecular formula is C16H14F4N6O3S. The van der Waals surface area contributed by atoms with Gasteiger partial charge in [-0.2, -0.15) is 18.3 Å². The molecule has 0 aliphatic carbocycles. The van der Waals surface area contributed by atoms with Crippen molar-refractivity contribution >= 4 is 21.7 Å². The number of aliphatic hydroxyl groups excluding tert-OH is 1. The highest BCUT2D eigenvalue weighted by atomic mass is 32.2. The highest BCUT2D eigenvalue weighted by molar-refractivity contribution is 7.89. The number of primary sulfonamides is 1. The lowest BCUT2D eigenvalue weighted by Gasteiger charge is -2.13. The molecule has 30 heavy (non-hydrogen) atoms. The van der Waals surface area contributed by atoms with Crippen LogP contribution in [0.15, 0.2) is 41.7 Å². The highest BCUT2D eigenvalue weighted by Crippen LogP contribution is 2.36. The number of halogens is 4. The summed E-state index contributed by atoms with van der Waals surface area (Å²) in [7, 11) is -4.13. The first kappa shape index (κ1) is 21.6. The number of sulfonamides is 1. The normalized spacial score (nSPS) is 12.2. The van der Waals surface area contributed by atoms with Crippen molar-refractivity contribution < 1.29 is 31.1 Å². The molecule has 0 amide bonds. The van der Waals surface area contributed by atoms with E-state index in [2.05, 4.69) is 20.4 Å². The van der Waals surface area contributed by atoms with E-state index in [-0.39, 0.29) is 30.4 Å². The van der Waals surface area contributed by atoms with Crippen molar-refractivity contribution in [2.45, 2.75) is 17.6 Å². The molecule has 0 aliphatic rings. The number of nitrogens with one attached hydrogen (secondary N) is 1. The van der Waals surface area contributed by atoms with E-state index in [4.69, 9.17) is 10.2 Å². The molecule has 0 bridgehead atoms. The molecule has 0 aliphatic heterocycles. The molecule has 0 atom stereocenters. The van der Waals surface area contributed by atoms with Gasteiger partial charge < -0.3 is 10.4 Å². The minimum absolute atomic E-state index is 0.00581. The van der Waals surface area contributed by atoms with Crippen LogP contribution in [0.1, 0.15) is 5.56 Å². The number of hydrogen-bond acceptors (Lipinski definition) is 7. The summed E-state index contributed by atoms with van der Waals surface area (Å²) < 4.78 is 78.1. The first-order valence-electron chi connectivity index (χ1n) is 8.16. The fourth-order valence-corrected chi connectivity index (χ4v) is 3.00. The van der Waals surface area contributed by atoms with E-state index in [9.17, 15) is 26.0 Å². The predicted molar refractivity (Wildman–Crippen MR) is 96.4 cm³/mol. The largest absolute Gasteiger partial charge is 0.419 e. The molecular weight excluding hydrogens is 432 g/mol. The van der Waals surface area contributed by atoms with Crippen molar-refractivity contribution in [3.63, 3.8) is 0 Å². The zero-order chi connectivity index (χ0) is 22.1. The Hall–Kier alpha value is -3.10. The van der Waals surface area contributed by atoms with E-state index < -0.39 is 38.2 Å². The summed E-state index contributed by atoms with van der Waals surface area (Å²) in [6.45, 7) is -0.198. The fourth-order valence-electron chi connectivity index (χ4n) is 2.47. The van der Waals surface area contributed by atoms with E-state index >= 15 is 0 Å². The Morgan fingerprint density at radius 2 is 1.97 bits per heavy atom. The number of hydrogen-bond donors (Lipinski definition) is 3. The van der Waals surface area contributed by atoms with Crippen molar-refractivity contribution in [1.82, 2.24) is 19.7 Å². The van der Waals surface area contributed by atoms with E-state index in [1.807, 2.05) is 0 Å². The summed E-state index contributed by atoms with van der Waals surface area (Å²) in [6.07, 6.45) is -1.84. The van der Waals surface area contributed by atoms with Gasteiger partial charge in [-0.25, -0.2) is 27.9 Å². The standard InChI is InChI=1S/C16H14F4N6O3S/c17-12-5-10(30(21,28)29)1-2-13(12)24-15-22-7-11(16(18,19)20)14(25-15)9-6-23-26(8-9)3-4-27/h1-2,5-8,27H,3-4H2,(H2,21,28,29)(H,22,24,25). The summed E-state index contributed by atoms with van der Waals surface area (Å²) in [5.74, 6) is -1.39. The highest BCUT2D eigenvalue weighted by Gasteiger charge is 2.36. The second-order valence-electron chi connectivity index (χ2n) is 5.98. The Morgan fingerprint density at radius 3 is 2.57 bits per heavy atom. The number of nitrogens with zero attached hydrogens (tertiary/aromatic N) is 4. The van der Waals surface area contributed by atoms with Gasteiger partial charge in [-0.15, -0.1) is 0 Å². The number of benzene rings is 1. The number of anilines is 2. The van der Waals surface area contributed by atoms with Crippen molar-refractivity contribution in [3.8, 4) is 11.3 Å². The Kier molecular flexibility index (Phi) is 5.74. The number of aromatic nitrogens is 4. The van der Waals surface area contributed by atoms with Crippen molar-refractivity contribution in [2.24, 2.45) is 5.14 Å². The minimum Gasteiger partial charge on any atom is -0.394 e. The van der Waals surface area contributed by atoms with Crippen LogP contribution in [-0.2, 0) is 22.7 Å². The Bertz CT molecular complexity index is 1180. The van der Waals surface area contributed by atoms with Gasteiger partial charge in [-0.1, -0.05) is 0 Å². The molecule has 4 N–H and O–H groups in total. The second kappa shape index (κ2) is 7.97. The van der Waals surface area contributed by atoms with Crippen molar-refractivity contribution in [1.29, 1.82) is 0 Å². The third-order valence-corrected chi connectivity index (χ3v) is 4.76. The first-order chi connectivity index (χ1) is 14.0. The average molecular weight is 446 g/mol. The van der Waals surface area contributed by atoms with Crippen LogP contribution in [0.5, 0.6) is 0 Å². The number of aliphatic hydroxyl groups is 1. The molecule has 1 aromatic carbocycles. The molecule has 2 heterocycles. The zero-order valence-electron chi connectivity index (χ0n) is 14.9. The van der Waals surface area contributed by atoms with Crippen molar-refractivity contribution in [3.05, 3.63) is 48.2 Å². The Morgan fingerprint density at radius 1 is 1.23 bits per heavy atom. The van der Waals surface area contributed by atoms with Gasteiger partial charge in [0, 0.05) is 18.0 Å². The van der Waals surface area contributed by atoms with E-state index in [0.717, 1.165) is 18.3 Å². The fraction of sp³-hybridized carbons (Fsp3) is 0.188. The van der Waals surface area contributed by atoms with Crippen LogP contribution >= 0.6 is 0 Å². The lowest BCUT2D eigenvalue weighted by atomic mass is 10.1. The molecule has 3 rings (SSSR count). The first-order valence-corrected chi connectivity index (χ1v) is 9.71. The van der Waals surface area contributed by atoms with Gasteiger partial charge >= 0.3 is 6.18 Å². The van der Waals surface area contributed by atoms with Crippen LogP contribution in [0.2, 0.25) is 0 Å². The summed E-state index contributed by atoms with van der Waals surface area (Å²) in [6, 6.07) is 2.71. The molecule has 0 fully saturated rings. The maximum atomic E-state index is 14.2. The molecule has 14 heteroatoms. The van der Waals surface area contributed by atoms with Crippen LogP contribution in [0.4, 0.5) is 29.2 Å². The molecule has 160 valence electrons. The maximum Gasteiger partial charge on any atom is 0.419 e. The van der Waals surface area contributed by atoms with Crippen LogP contribution in [0.25, 0.3) is 11.3 Å². The monoisotopic (exact) mass is 446 g/mol. The van der Waals surface area contributed by atoms with E-state index in [1.54, 1.807) is 0 Å². The smallest absolute Gasteiger partial charge is 0.394 e. The maximum absolute atomic E-state index is 14.2. The van der Waals surface area contributed by atoms with Gasteiger partial charge in [0.15, 0.2) is 0 Å². The number of alkyl halides is 3. The van der Waals surface area contributed by atoms with Crippen LogP contribution in [-0.4, -0.2) is 39.9 Å². The number of rotatable bonds is 6. The summed E-state index contributed by atoms with van der Waals surface area (Å²) in [4.78, 5) is 6.91. The van der Waals surface area contributed by atoms with Gasteiger partial charge in [0.1, 0.15) is 11.4 Å². The average Bonchev–Trinajstić information content (AvgIpc) is 3.10. The molecule has 0 saturated heterocycles. The predicted octanol–water partition coefficient (Wildman–Crippen LogP) is 1.88. The minimum atomic E-state index is -4.77. The Labute approximate surface area is 167 Å². The lowest BCUT2D eigenvalue weighted by Crippen LogP contribution is -2.13. The zero-order valence-corrected chi connectivity index (χ0v) is 15.7. The lowest BCUT2D eigenvalue weighted by molar-refractivity contribution is -0.137. The molecule has 9 nitrogen and oxygen atoms in total. The SMILES string of the molecule is NS(=O)(=O)c1ccc(Nc2ncc(C(F)(F)F)c(-c3cnn(CCO)c3)n2)c(F)c1. The number of nitrogens with two attached hydrogens (primary N) is 1. The van der Waals surface area contributed by atoms with Gasteiger partial charge in [-0.05, 0) is 18.2 Å². The van der Waals surface area contributed by atoms with Crippen LogP contribution in [0, 0.1) is 5.82 Å². The quantitative estimate of drug-likeness (QED) is 0.492. The second-order valence-corrected chi connectivity index (χ2v) is 7.54. The molecule has 0 unspecified atom stereocenters. The van der Waals surface area contributed by atoms with Crippen LogP contribution < -0.4 is 10.5 Å². The van der Waals surface area contributed by atoms with Gasteiger partial charge in [0.05, 0.1) is 35.6 Å². The summed E-state index contributed by atoms with van der Waals surface area (Å²) in [5, 5.41) is 20.1. The summed E-state index contributed by atoms with van der Waals surface area (Å²) >= 11 is 0. The van der Waals surface area contributed by atoms with Gasteiger partial charge in [0.2, 0.25) is 16.0 Å². The Balaban J connectivity index is 2.01. The van der Waals surface area contributed by atoms with Crippen LogP contribution in [0.3, 0.4) is 0 Å². The molecule has 0 radical (unpaired) electrons. The van der Waals surface area contributed by atoms with E-state index in [0.29, 0.717) is 12.3 Å². The molecule has 2 aromatic heterocycles. The summed E-state index contributed by atoms with van der Waals surface area (Å²) in [5.41, 5.74) is -1.91. The third-order valence-electron chi connectivity index (χ3n) is 3.85. The van der Waals surface area contributed by atoms with E-state index in [1.165, 1.54) is 10.9 Å².